The summed E-state index contributed by atoms with van der Waals surface area (Å²) in [5.41, 5.74) is 3.18. The number of pyridine rings is 1. The van der Waals surface area contributed by atoms with E-state index in [1.807, 2.05) is 16.8 Å². The topological polar surface area (TPSA) is 81.5 Å². The minimum Gasteiger partial charge on any atom is -0.474 e. The highest BCUT2D eigenvalue weighted by atomic mass is 35.5. The van der Waals surface area contributed by atoms with E-state index >= 15 is 0 Å². The number of aromatic nitrogens is 6. The minimum absolute atomic E-state index is 0.0630. The second-order valence-electron chi connectivity index (χ2n) is 8.52. The predicted octanol–water partition coefficient (Wildman–Crippen LogP) is 5.73. The van der Waals surface area contributed by atoms with Crippen molar-refractivity contribution in [3.05, 3.63) is 53.7 Å². The van der Waals surface area contributed by atoms with Gasteiger partial charge in [-0.3, -0.25) is 0 Å². The molecule has 1 fully saturated rings. The Morgan fingerprint density at radius 3 is 2.71 bits per heavy atom. The van der Waals surface area contributed by atoms with Crippen LogP contribution in [0.3, 0.4) is 0 Å². The highest BCUT2D eigenvalue weighted by Gasteiger charge is 2.41. The van der Waals surface area contributed by atoms with Gasteiger partial charge in [0.05, 0.1) is 35.7 Å². The van der Waals surface area contributed by atoms with Gasteiger partial charge in [0.1, 0.15) is 17.1 Å². The predicted molar refractivity (Wildman–Crippen MR) is 121 cm³/mol. The number of halogens is 4. The van der Waals surface area contributed by atoms with Crippen LogP contribution in [0.1, 0.15) is 37.2 Å². The lowest BCUT2D eigenvalue weighted by Gasteiger charge is -2.29. The van der Waals surface area contributed by atoms with Crippen LogP contribution in [0, 0.1) is 12.8 Å². The van der Waals surface area contributed by atoms with Gasteiger partial charge in [-0.25, -0.2) is 15.0 Å². The summed E-state index contributed by atoms with van der Waals surface area (Å²) in [6.07, 6.45) is 3.30. The highest BCUT2D eigenvalue weighted by Crippen LogP contribution is 2.39. The van der Waals surface area contributed by atoms with Gasteiger partial charge in [-0.05, 0) is 38.7 Å². The number of hydrogen-bond acceptors (Lipinski definition) is 5. The molecule has 5 rings (SSSR count). The summed E-state index contributed by atoms with van der Waals surface area (Å²) >= 11 is 6.48. The van der Waals surface area contributed by atoms with E-state index in [0.717, 1.165) is 22.2 Å². The summed E-state index contributed by atoms with van der Waals surface area (Å²) in [7, 11) is 0. The van der Waals surface area contributed by atoms with E-state index in [2.05, 4.69) is 24.9 Å². The van der Waals surface area contributed by atoms with Crippen LogP contribution in [-0.4, -0.2) is 41.8 Å². The Labute approximate surface area is 198 Å². The lowest BCUT2D eigenvalue weighted by Crippen LogP contribution is -2.32. The van der Waals surface area contributed by atoms with Crippen LogP contribution < -0.4 is 4.74 Å². The number of rotatable bonds is 5. The number of imidazole rings is 1. The third-order valence-electron chi connectivity index (χ3n) is 6.16. The Balaban J connectivity index is 1.45. The van der Waals surface area contributed by atoms with Crippen molar-refractivity contribution in [2.45, 2.75) is 51.4 Å². The Morgan fingerprint density at radius 2 is 2.00 bits per heavy atom. The van der Waals surface area contributed by atoms with Gasteiger partial charge in [-0.1, -0.05) is 11.6 Å². The minimum atomic E-state index is -4.15. The van der Waals surface area contributed by atoms with Crippen LogP contribution in [0.4, 0.5) is 13.2 Å². The summed E-state index contributed by atoms with van der Waals surface area (Å²) in [4.78, 5) is 20.3. The zero-order chi connectivity index (χ0) is 23.9. The Kier molecular flexibility index (Phi) is 5.93. The number of fused-ring (bicyclic) bond motifs is 1. The number of hydrogen-bond donors (Lipinski definition) is 1. The first-order valence-electron chi connectivity index (χ1n) is 11.0. The standard InChI is InChI=1S/C23H22ClF3N6O/c1-13-31-18(8-20(32-13)34-16-4-2-14(3-5-16)23(25,26)27)17-11-33(10-15-9-28-12-30-15)19-6-7-29-22(24)21(17)19/h6-9,11-12,14,16H,2-5,10H2,1H3,(H,28,30). The lowest BCUT2D eigenvalue weighted by molar-refractivity contribution is -0.185. The molecule has 1 aliphatic rings. The molecule has 0 saturated heterocycles. The molecule has 0 unspecified atom stereocenters. The molecule has 0 radical (unpaired) electrons. The molecule has 0 atom stereocenters. The van der Waals surface area contributed by atoms with Gasteiger partial charge < -0.3 is 14.3 Å². The number of aromatic amines is 1. The van der Waals surface area contributed by atoms with Gasteiger partial charge in [-0.15, -0.1) is 0 Å². The second-order valence-corrected chi connectivity index (χ2v) is 8.87. The Bertz CT molecular complexity index is 1300. The third kappa shape index (κ3) is 4.59. The van der Waals surface area contributed by atoms with E-state index < -0.39 is 12.1 Å². The van der Waals surface area contributed by atoms with Gasteiger partial charge in [0, 0.05) is 35.6 Å². The fourth-order valence-electron chi connectivity index (χ4n) is 4.50. The molecule has 7 nitrogen and oxygen atoms in total. The molecule has 4 heterocycles. The van der Waals surface area contributed by atoms with Gasteiger partial charge in [0.2, 0.25) is 5.88 Å². The molecular formula is C23H22ClF3N6O. The van der Waals surface area contributed by atoms with Crippen molar-refractivity contribution in [3.8, 4) is 17.1 Å². The molecule has 11 heteroatoms. The molecule has 0 amide bonds. The van der Waals surface area contributed by atoms with Gasteiger partial charge in [-0.2, -0.15) is 18.2 Å². The first kappa shape index (κ1) is 22.6. The monoisotopic (exact) mass is 490 g/mol. The van der Waals surface area contributed by atoms with E-state index in [4.69, 9.17) is 16.3 Å². The first-order valence-corrected chi connectivity index (χ1v) is 11.4. The molecule has 0 spiro atoms. The van der Waals surface area contributed by atoms with Crippen molar-refractivity contribution in [3.63, 3.8) is 0 Å². The van der Waals surface area contributed by atoms with Gasteiger partial charge >= 0.3 is 6.18 Å². The van der Waals surface area contributed by atoms with Crippen molar-refractivity contribution in [1.82, 2.24) is 29.5 Å². The van der Waals surface area contributed by atoms with Crippen molar-refractivity contribution < 1.29 is 17.9 Å². The molecule has 4 aromatic rings. The maximum Gasteiger partial charge on any atom is 0.391 e. The molecule has 0 aliphatic heterocycles. The fraction of sp³-hybridized carbons (Fsp3) is 0.391. The normalized spacial score (nSPS) is 19.0. The van der Waals surface area contributed by atoms with Crippen molar-refractivity contribution in [2.75, 3.05) is 0 Å². The summed E-state index contributed by atoms with van der Waals surface area (Å²) in [5, 5.41) is 1.10. The van der Waals surface area contributed by atoms with E-state index in [-0.39, 0.29) is 18.9 Å². The number of aryl methyl sites for hydroxylation is 1. The Morgan fingerprint density at radius 1 is 1.21 bits per heavy atom. The summed E-state index contributed by atoms with van der Waals surface area (Å²) in [6, 6.07) is 3.59. The van der Waals surface area contributed by atoms with Crippen molar-refractivity contribution in [1.29, 1.82) is 0 Å². The lowest BCUT2D eigenvalue weighted by atomic mass is 9.87. The zero-order valence-corrected chi connectivity index (χ0v) is 19.1. The molecule has 1 N–H and O–H groups in total. The van der Waals surface area contributed by atoms with E-state index in [1.165, 1.54) is 0 Å². The third-order valence-corrected chi connectivity index (χ3v) is 6.44. The number of nitrogens with zero attached hydrogens (tertiary/aromatic N) is 5. The summed E-state index contributed by atoms with van der Waals surface area (Å²) in [6.45, 7) is 2.30. The molecule has 0 bridgehead atoms. The fourth-order valence-corrected chi connectivity index (χ4v) is 4.76. The second kappa shape index (κ2) is 8.90. The molecule has 1 saturated carbocycles. The molecular weight excluding hydrogens is 469 g/mol. The summed E-state index contributed by atoms with van der Waals surface area (Å²) in [5.74, 6) is -0.427. The number of nitrogens with one attached hydrogen (secondary N) is 1. The van der Waals surface area contributed by atoms with Crippen molar-refractivity contribution in [2.24, 2.45) is 5.92 Å². The zero-order valence-electron chi connectivity index (χ0n) is 18.3. The van der Waals surface area contributed by atoms with E-state index in [9.17, 15) is 13.2 Å². The van der Waals surface area contributed by atoms with Crippen LogP contribution in [-0.2, 0) is 6.54 Å². The molecule has 34 heavy (non-hydrogen) atoms. The van der Waals surface area contributed by atoms with Crippen LogP contribution >= 0.6 is 11.6 Å². The van der Waals surface area contributed by atoms with Crippen LogP contribution in [0.25, 0.3) is 22.2 Å². The van der Waals surface area contributed by atoms with Crippen molar-refractivity contribution >= 4 is 22.5 Å². The van der Waals surface area contributed by atoms with Gasteiger partial charge in [0.25, 0.3) is 0 Å². The smallest absolute Gasteiger partial charge is 0.391 e. The average molecular weight is 491 g/mol. The average Bonchev–Trinajstić information content (AvgIpc) is 3.42. The number of ether oxygens (including phenoxy) is 1. The molecule has 178 valence electrons. The number of H-pyrrole nitrogens is 1. The maximum absolute atomic E-state index is 13.0. The van der Waals surface area contributed by atoms with E-state index in [1.54, 1.807) is 31.7 Å². The molecule has 1 aliphatic carbocycles. The number of alkyl halides is 3. The van der Waals surface area contributed by atoms with Crippen LogP contribution in [0.2, 0.25) is 5.15 Å². The maximum atomic E-state index is 13.0. The molecule has 0 aromatic carbocycles. The van der Waals surface area contributed by atoms with E-state index in [0.29, 0.717) is 41.9 Å². The first-order chi connectivity index (χ1) is 16.3. The SMILES string of the molecule is Cc1nc(OC2CCC(C(F)(F)F)CC2)cc(-c2cn(Cc3cnc[nH]3)c3ccnc(Cl)c23)n1. The quantitative estimate of drug-likeness (QED) is 0.361. The molecule has 4 aromatic heterocycles. The Hall–Kier alpha value is -3.14. The van der Waals surface area contributed by atoms with Gasteiger partial charge in [0.15, 0.2) is 0 Å². The highest BCUT2D eigenvalue weighted by molar-refractivity contribution is 6.35. The largest absolute Gasteiger partial charge is 0.474 e. The van der Waals surface area contributed by atoms with Crippen LogP contribution in [0.5, 0.6) is 5.88 Å². The van der Waals surface area contributed by atoms with Crippen LogP contribution in [0.15, 0.2) is 37.1 Å². The summed E-state index contributed by atoms with van der Waals surface area (Å²) < 4.78 is 47.0.